The number of halogens is 2. The Morgan fingerprint density at radius 1 is 1.24 bits per heavy atom. The number of sulfonamides is 1. The van der Waals surface area contributed by atoms with Gasteiger partial charge >= 0.3 is 0 Å². The Hall–Kier alpha value is -1.44. The van der Waals surface area contributed by atoms with E-state index in [1.807, 2.05) is 6.92 Å². The first-order valence-electron chi connectivity index (χ1n) is 7.86. The standard InChI is InChI=1S/C17H17BrClN3O2S/c1-11-8-12(18)10-21-15(11)4-2-3-7-20-17-14-9-13(19)5-6-16(14)25(23,24)22-17/h5-6,8-10H,2-4,7H2,1H3,(H,20,22). The van der Waals surface area contributed by atoms with Crippen molar-refractivity contribution >= 4 is 43.4 Å². The van der Waals surface area contributed by atoms with Crippen LogP contribution in [0.1, 0.15) is 29.7 Å². The summed E-state index contributed by atoms with van der Waals surface area (Å²) in [6.45, 7) is 2.68. The first-order chi connectivity index (χ1) is 11.9. The van der Waals surface area contributed by atoms with Crippen LogP contribution in [-0.2, 0) is 16.4 Å². The highest BCUT2D eigenvalue weighted by Gasteiger charge is 2.28. The average molecular weight is 443 g/mol. The summed E-state index contributed by atoms with van der Waals surface area (Å²) in [5.41, 5.74) is 2.79. The fraction of sp³-hybridized carbons (Fsp3) is 0.294. The van der Waals surface area contributed by atoms with Gasteiger partial charge in [0.15, 0.2) is 0 Å². The van der Waals surface area contributed by atoms with Crippen LogP contribution < -0.4 is 5.32 Å². The average Bonchev–Trinajstić information content (AvgIpc) is 2.79. The molecule has 0 amide bonds. The van der Waals surface area contributed by atoms with Gasteiger partial charge in [-0.25, -0.2) is 0 Å². The lowest BCUT2D eigenvalue weighted by Gasteiger charge is -2.08. The van der Waals surface area contributed by atoms with E-state index in [0.717, 1.165) is 35.0 Å². The number of hydrogen-bond donors (Lipinski definition) is 1. The number of amidine groups is 1. The second kappa shape index (κ2) is 7.43. The summed E-state index contributed by atoms with van der Waals surface area (Å²) >= 11 is 9.38. The van der Waals surface area contributed by atoms with E-state index < -0.39 is 10.0 Å². The monoisotopic (exact) mass is 441 g/mol. The molecule has 1 aliphatic heterocycles. The number of fused-ring (bicyclic) bond motifs is 1. The SMILES string of the molecule is Cc1cc(Br)cnc1CCCCNC1=NS(=O)(=O)c2ccc(Cl)cc21. The molecule has 0 saturated carbocycles. The minimum absolute atomic E-state index is 0.203. The molecule has 0 unspecified atom stereocenters. The molecule has 0 aliphatic carbocycles. The molecule has 0 radical (unpaired) electrons. The molecule has 1 aromatic carbocycles. The smallest absolute Gasteiger partial charge is 0.285 e. The fourth-order valence-electron chi connectivity index (χ4n) is 2.71. The fourth-order valence-corrected chi connectivity index (χ4v) is 4.51. The van der Waals surface area contributed by atoms with Crippen LogP contribution in [0, 0.1) is 6.92 Å². The van der Waals surface area contributed by atoms with Gasteiger partial charge in [-0.05, 0) is 71.9 Å². The van der Waals surface area contributed by atoms with E-state index in [-0.39, 0.29) is 4.90 Å². The van der Waals surface area contributed by atoms with Crippen molar-refractivity contribution in [2.45, 2.75) is 31.1 Å². The summed E-state index contributed by atoms with van der Waals surface area (Å²) in [6, 6.07) is 6.73. The zero-order valence-corrected chi connectivity index (χ0v) is 16.7. The van der Waals surface area contributed by atoms with Gasteiger partial charge in [0, 0.05) is 33.5 Å². The summed E-state index contributed by atoms with van der Waals surface area (Å²) in [5, 5.41) is 3.60. The van der Waals surface area contributed by atoms with Crippen molar-refractivity contribution in [3.8, 4) is 0 Å². The summed E-state index contributed by atoms with van der Waals surface area (Å²) in [7, 11) is -3.61. The summed E-state index contributed by atoms with van der Waals surface area (Å²) in [4.78, 5) is 4.63. The largest absolute Gasteiger partial charge is 0.369 e. The number of aryl methyl sites for hydroxylation is 2. The van der Waals surface area contributed by atoms with Gasteiger partial charge in [-0.2, -0.15) is 8.42 Å². The molecule has 132 valence electrons. The number of hydrogen-bond acceptors (Lipinski definition) is 4. The second-order valence-corrected chi connectivity index (χ2v) is 8.78. The molecule has 0 fully saturated rings. The second-order valence-electron chi connectivity index (χ2n) is 5.86. The Balaban J connectivity index is 1.56. The van der Waals surface area contributed by atoms with Gasteiger partial charge in [0.2, 0.25) is 0 Å². The number of benzene rings is 1. The maximum Gasteiger partial charge on any atom is 0.285 e. The van der Waals surface area contributed by atoms with Crippen LogP contribution >= 0.6 is 27.5 Å². The molecule has 1 N–H and O–H groups in total. The highest BCUT2D eigenvalue weighted by atomic mass is 79.9. The number of unbranched alkanes of at least 4 members (excludes halogenated alkanes) is 1. The molecule has 5 nitrogen and oxygen atoms in total. The van der Waals surface area contributed by atoms with E-state index in [0.29, 0.717) is 23.0 Å². The Morgan fingerprint density at radius 2 is 2.04 bits per heavy atom. The molecule has 25 heavy (non-hydrogen) atoms. The molecule has 1 aliphatic rings. The van der Waals surface area contributed by atoms with Gasteiger partial charge in [-0.1, -0.05) is 11.6 Å². The number of pyridine rings is 1. The predicted octanol–water partition coefficient (Wildman–Crippen LogP) is 3.87. The van der Waals surface area contributed by atoms with Crippen molar-refractivity contribution in [2.24, 2.45) is 4.40 Å². The van der Waals surface area contributed by atoms with E-state index in [4.69, 9.17) is 11.6 Å². The molecule has 3 rings (SSSR count). The number of nitrogens with zero attached hydrogens (tertiary/aromatic N) is 2. The lowest BCUT2D eigenvalue weighted by molar-refractivity contribution is 0.599. The molecular weight excluding hydrogens is 426 g/mol. The Kier molecular flexibility index (Phi) is 5.46. The van der Waals surface area contributed by atoms with Crippen LogP contribution in [0.4, 0.5) is 0 Å². The molecular formula is C17H17BrClN3O2S. The van der Waals surface area contributed by atoms with Crippen molar-refractivity contribution in [1.29, 1.82) is 0 Å². The minimum Gasteiger partial charge on any atom is -0.369 e. The van der Waals surface area contributed by atoms with Gasteiger partial charge in [-0.15, -0.1) is 4.40 Å². The van der Waals surface area contributed by atoms with E-state index in [1.54, 1.807) is 18.3 Å². The van der Waals surface area contributed by atoms with Crippen LogP contribution in [0.3, 0.4) is 0 Å². The third kappa shape index (κ3) is 4.22. The van der Waals surface area contributed by atoms with Gasteiger partial charge in [0.1, 0.15) is 10.7 Å². The number of aromatic nitrogens is 1. The van der Waals surface area contributed by atoms with Crippen LogP contribution in [-0.4, -0.2) is 25.8 Å². The summed E-state index contributed by atoms with van der Waals surface area (Å²) in [6.07, 6.45) is 4.52. The van der Waals surface area contributed by atoms with E-state index in [2.05, 4.69) is 36.7 Å². The van der Waals surface area contributed by atoms with Crippen molar-refractivity contribution in [1.82, 2.24) is 10.3 Å². The highest BCUT2D eigenvalue weighted by molar-refractivity contribution is 9.10. The van der Waals surface area contributed by atoms with Crippen LogP contribution in [0.5, 0.6) is 0 Å². The van der Waals surface area contributed by atoms with Crippen molar-refractivity contribution in [2.75, 3.05) is 6.54 Å². The van der Waals surface area contributed by atoms with Crippen LogP contribution in [0.25, 0.3) is 0 Å². The number of nitrogens with one attached hydrogen (secondary N) is 1. The van der Waals surface area contributed by atoms with Gasteiger partial charge in [0.25, 0.3) is 10.0 Å². The molecule has 0 bridgehead atoms. The lowest BCUT2D eigenvalue weighted by Crippen LogP contribution is -2.24. The summed E-state index contributed by atoms with van der Waals surface area (Å²) in [5.74, 6) is 0.371. The topological polar surface area (TPSA) is 71.4 Å². The Morgan fingerprint density at radius 3 is 2.80 bits per heavy atom. The quantitative estimate of drug-likeness (QED) is 0.714. The zero-order valence-electron chi connectivity index (χ0n) is 13.6. The molecule has 1 aromatic heterocycles. The first-order valence-corrected chi connectivity index (χ1v) is 10.5. The molecule has 0 atom stereocenters. The van der Waals surface area contributed by atoms with Gasteiger partial charge in [0.05, 0.1) is 0 Å². The van der Waals surface area contributed by atoms with Gasteiger partial charge in [-0.3, -0.25) is 4.98 Å². The van der Waals surface area contributed by atoms with Crippen molar-refractivity contribution in [3.63, 3.8) is 0 Å². The Labute approximate surface area is 160 Å². The zero-order chi connectivity index (χ0) is 18.0. The molecule has 0 spiro atoms. The normalized spacial score (nSPS) is 14.9. The third-order valence-corrected chi connectivity index (χ3v) is 5.98. The molecule has 2 aromatic rings. The van der Waals surface area contributed by atoms with E-state index >= 15 is 0 Å². The Bertz CT molecular complexity index is 945. The molecule has 0 saturated heterocycles. The molecule has 8 heteroatoms. The molecule has 2 heterocycles. The van der Waals surface area contributed by atoms with E-state index in [1.165, 1.54) is 6.07 Å². The maximum atomic E-state index is 12.0. The minimum atomic E-state index is -3.61. The van der Waals surface area contributed by atoms with Crippen LogP contribution in [0.15, 0.2) is 44.2 Å². The first kappa shape index (κ1) is 18.4. The van der Waals surface area contributed by atoms with Crippen molar-refractivity contribution in [3.05, 3.63) is 56.8 Å². The van der Waals surface area contributed by atoms with Crippen molar-refractivity contribution < 1.29 is 8.42 Å². The number of rotatable bonds is 5. The summed E-state index contributed by atoms with van der Waals surface area (Å²) < 4.78 is 28.9. The predicted molar refractivity (Wildman–Crippen MR) is 103 cm³/mol. The highest BCUT2D eigenvalue weighted by Crippen LogP contribution is 2.27. The maximum absolute atomic E-state index is 12.0. The lowest BCUT2D eigenvalue weighted by atomic mass is 10.1. The van der Waals surface area contributed by atoms with Crippen LogP contribution in [0.2, 0.25) is 5.02 Å². The van der Waals surface area contributed by atoms with E-state index in [9.17, 15) is 8.42 Å². The van der Waals surface area contributed by atoms with Gasteiger partial charge < -0.3 is 5.32 Å². The third-order valence-electron chi connectivity index (χ3n) is 3.97.